The monoisotopic (exact) mass is 225 g/mol. The Morgan fingerprint density at radius 2 is 2.06 bits per heavy atom. The van der Waals surface area contributed by atoms with Gasteiger partial charge in [0.25, 0.3) is 0 Å². The van der Waals surface area contributed by atoms with Gasteiger partial charge in [-0.3, -0.25) is 4.90 Å². The summed E-state index contributed by atoms with van der Waals surface area (Å²) in [6.45, 7) is 10.0. The summed E-state index contributed by atoms with van der Waals surface area (Å²) in [6.07, 6.45) is 1.51. The minimum absolute atomic E-state index is 0.0153. The maximum absolute atomic E-state index is 8.93. The highest BCUT2D eigenvalue weighted by atomic mass is 16.5. The highest BCUT2D eigenvalue weighted by Gasteiger charge is 2.22. The number of nitriles is 1. The van der Waals surface area contributed by atoms with Gasteiger partial charge in [0.15, 0.2) is 0 Å². The molecule has 1 fully saturated rings. The van der Waals surface area contributed by atoms with Gasteiger partial charge in [-0.2, -0.15) is 5.26 Å². The van der Waals surface area contributed by atoms with E-state index in [1.165, 1.54) is 0 Å². The van der Waals surface area contributed by atoms with E-state index >= 15 is 0 Å². The van der Waals surface area contributed by atoms with Crippen molar-refractivity contribution < 1.29 is 4.74 Å². The van der Waals surface area contributed by atoms with E-state index in [1.807, 2.05) is 6.92 Å². The van der Waals surface area contributed by atoms with Crippen LogP contribution in [0, 0.1) is 11.3 Å². The van der Waals surface area contributed by atoms with E-state index in [9.17, 15) is 0 Å². The number of nitrogens with one attached hydrogen (secondary N) is 1. The first-order chi connectivity index (χ1) is 7.65. The molecular weight excluding hydrogens is 202 g/mol. The minimum Gasteiger partial charge on any atom is -0.373 e. The summed E-state index contributed by atoms with van der Waals surface area (Å²) < 4.78 is 5.67. The lowest BCUT2D eigenvalue weighted by Gasteiger charge is -2.35. The van der Waals surface area contributed by atoms with Crippen LogP contribution in [-0.4, -0.2) is 49.3 Å². The molecule has 0 aromatic carbocycles. The SMILES string of the molecule is CCNC(C#N)CCN1C[C@@H](C)O[C@@H](C)C1. The standard InChI is InChI=1S/C12H23N3O/c1-4-14-12(7-13)5-6-15-8-10(2)16-11(3)9-15/h10-12,14H,4-6,8-9H2,1-3H3/t10-,11+,12?. The molecule has 1 N–H and O–H groups in total. The van der Waals surface area contributed by atoms with Crippen LogP contribution in [0.15, 0.2) is 0 Å². The van der Waals surface area contributed by atoms with Crippen LogP contribution in [0.2, 0.25) is 0 Å². The Kier molecular flexibility index (Phi) is 5.75. The lowest BCUT2D eigenvalue weighted by molar-refractivity contribution is -0.0683. The van der Waals surface area contributed by atoms with Gasteiger partial charge in [0.05, 0.1) is 24.3 Å². The molecule has 0 spiro atoms. The lowest BCUT2D eigenvalue weighted by Crippen LogP contribution is -2.46. The zero-order valence-corrected chi connectivity index (χ0v) is 10.6. The summed E-state index contributed by atoms with van der Waals surface area (Å²) in [7, 11) is 0. The third-order valence-corrected chi connectivity index (χ3v) is 2.84. The van der Waals surface area contributed by atoms with Crippen LogP contribution in [-0.2, 0) is 4.74 Å². The first-order valence-corrected chi connectivity index (χ1v) is 6.16. The fraction of sp³-hybridized carbons (Fsp3) is 0.917. The molecule has 0 aliphatic carbocycles. The Labute approximate surface area is 98.6 Å². The van der Waals surface area contributed by atoms with E-state index in [4.69, 9.17) is 10.00 Å². The predicted molar refractivity (Wildman–Crippen MR) is 64.1 cm³/mol. The van der Waals surface area contributed by atoms with Gasteiger partial charge in [-0.15, -0.1) is 0 Å². The molecule has 16 heavy (non-hydrogen) atoms. The Balaban J connectivity index is 2.28. The number of nitrogens with zero attached hydrogens (tertiary/aromatic N) is 2. The molecule has 0 radical (unpaired) electrons. The second kappa shape index (κ2) is 6.85. The molecule has 0 aromatic heterocycles. The zero-order valence-electron chi connectivity index (χ0n) is 10.6. The number of morpholine rings is 1. The van der Waals surface area contributed by atoms with Crippen molar-refractivity contribution >= 4 is 0 Å². The first kappa shape index (κ1) is 13.4. The summed E-state index contributed by atoms with van der Waals surface area (Å²) in [5.41, 5.74) is 0. The fourth-order valence-corrected chi connectivity index (χ4v) is 2.24. The molecule has 0 bridgehead atoms. The van der Waals surface area contributed by atoms with E-state index in [2.05, 4.69) is 30.1 Å². The largest absolute Gasteiger partial charge is 0.373 e. The summed E-state index contributed by atoms with van der Waals surface area (Å²) in [5, 5.41) is 12.1. The van der Waals surface area contributed by atoms with Gasteiger partial charge in [0.2, 0.25) is 0 Å². The number of hydrogen-bond donors (Lipinski definition) is 1. The minimum atomic E-state index is -0.0153. The first-order valence-electron chi connectivity index (χ1n) is 6.16. The van der Waals surface area contributed by atoms with Crippen molar-refractivity contribution in [2.75, 3.05) is 26.2 Å². The molecule has 1 unspecified atom stereocenters. The highest BCUT2D eigenvalue weighted by Crippen LogP contribution is 2.11. The molecule has 0 amide bonds. The van der Waals surface area contributed by atoms with Crippen LogP contribution in [0.25, 0.3) is 0 Å². The van der Waals surface area contributed by atoms with E-state index in [0.29, 0.717) is 12.2 Å². The van der Waals surface area contributed by atoms with E-state index < -0.39 is 0 Å². The molecule has 1 aliphatic rings. The molecule has 92 valence electrons. The van der Waals surface area contributed by atoms with Crippen molar-refractivity contribution in [3.63, 3.8) is 0 Å². The third kappa shape index (κ3) is 4.48. The molecule has 0 saturated carbocycles. The second-order valence-corrected chi connectivity index (χ2v) is 4.54. The summed E-state index contributed by atoms with van der Waals surface area (Å²) >= 11 is 0. The van der Waals surface area contributed by atoms with Crippen LogP contribution < -0.4 is 5.32 Å². The van der Waals surface area contributed by atoms with Crippen LogP contribution in [0.4, 0.5) is 0 Å². The third-order valence-electron chi connectivity index (χ3n) is 2.84. The maximum atomic E-state index is 8.93. The lowest BCUT2D eigenvalue weighted by atomic mass is 10.1. The van der Waals surface area contributed by atoms with Crippen LogP contribution in [0.1, 0.15) is 27.2 Å². The van der Waals surface area contributed by atoms with Gasteiger partial charge >= 0.3 is 0 Å². The molecule has 1 aliphatic heterocycles. The van der Waals surface area contributed by atoms with Gasteiger partial charge in [-0.25, -0.2) is 0 Å². The van der Waals surface area contributed by atoms with E-state index in [-0.39, 0.29) is 6.04 Å². The zero-order chi connectivity index (χ0) is 12.0. The van der Waals surface area contributed by atoms with Gasteiger partial charge in [-0.1, -0.05) is 6.92 Å². The summed E-state index contributed by atoms with van der Waals surface area (Å²) in [4.78, 5) is 2.39. The Hall–Kier alpha value is -0.630. The highest BCUT2D eigenvalue weighted by molar-refractivity contribution is 4.90. The topological polar surface area (TPSA) is 48.3 Å². The molecule has 1 heterocycles. The smallest absolute Gasteiger partial charge is 0.0965 e. The second-order valence-electron chi connectivity index (χ2n) is 4.54. The van der Waals surface area contributed by atoms with E-state index in [1.54, 1.807) is 0 Å². The van der Waals surface area contributed by atoms with Gasteiger partial charge in [0, 0.05) is 19.6 Å². The van der Waals surface area contributed by atoms with Crippen LogP contribution in [0.3, 0.4) is 0 Å². The van der Waals surface area contributed by atoms with Crippen LogP contribution >= 0.6 is 0 Å². The molecule has 1 rings (SSSR count). The average molecular weight is 225 g/mol. The van der Waals surface area contributed by atoms with Crippen molar-refractivity contribution in [3.8, 4) is 6.07 Å². The molecule has 0 aromatic rings. The van der Waals surface area contributed by atoms with Crippen molar-refractivity contribution in [2.45, 2.75) is 45.4 Å². The van der Waals surface area contributed by atoms with Gasteiger partial charge in [-0.05, 0) is 26.8 Å². The maximum Gasteiger partial charge on any atom is 0.0965 e. The molecule has 3 atom stereocenters. The van der Waals surface area contributed by atoms with Crippen LogP contribution in [0.5, 0.6) is 0 Å². The molecule has 1 saturated heterocycles. The normalized spacial score (nSPS) is 28.6. The number of rotatable bonds is 5. The van der Waals surface area contributed by atoms with Gasteiger partial charge < -0.3 is 10.1 Å². The van der Waals surface area contributed by atoms with Crippen molar-refractivity contribution in [2.24, 2.45) is 0 Å². The summed E-state index contributed by atoms with van der Waals surface area (Å²) in [5.74, 6) is 0. The summed E-state index contributed by atoms with van der Waals surface area (Å²) in [6, 6.07) is 2.28. The number of hydrogen-bond acceptors (Lipinski definition) is 4. The fourth-order valence-electron chi connectivity index (χ4n) is 2.24. The number of ether oxygens (including phenoxy) is 1. The van der Waals surface area contributed by atoms with Crippen molar-refractivity contribution in [1.82, 2.24) is 10.2 Å². The van der Waals surface area contributed by atoms with Crippen molar-refractivity contribution in [1.29, 1.82) is 5.26 Å². The molecular formula is C12H23N3O. The van der Waals surface area contributed by atoms with Gasteiger partial charge in [0.1, 0.15) is 0 Å². The van der Waals surface area contributed by atoms with Crippen molar-refractivity contribution in [3.05, 3.63) is 0 Å². The predicted octanol–water partition coefficient (Wildman–Crippen LogP) is 0.987. The Bertz CT molecular complexity index is 229. The molecule has 4 heteroatoms. The quantitative estimate of drug-likeness (QED) is 0.758. The molecule has 4 nitrogen and oxygen atoms in total. The average Bonchev–Trinajstić information content (AvgIpc) is 2.23. The Morgan fingerprint density at radius 1 is 1.44 bits per heavy atom. The Morgan fingerprint density at radius 3 is 2.56 bits per heavy atom. The van der Waals surface area contributed by atoms with E-state index in [0.717, 1.165) is 32.6 Å².